The van der Waals surface area contributed by atoms with Crippen molar-refractivity contribution < 1.29 is 18.3 Å². The van der Waals surface area contributed by atoms with Gasteiger partial charge in [0, 0.05) is 6.07 Å². The van der Waals surface area contributed by atoms with Gasteiger partial charge >= 0.3 is 6.29 Å². The highest BCUT2D eigenvalue weighted by molar-refractivity contribution is 7.71. The average molecular weight is 334 g/mol. The number of hydrogen-bond acceptors (Lipinski definition) is 4. The number of para-hydroxylation sites is 1. The molecule has 4 rings (SSSR count). The van der Waals surface area contributed by atoms with Gasteiger partial charge in [0.25, 0.3) is 5.56 Å². The molecule has 0 saturated heterocycles. The molecule has 0 atom stereocenters. The van der Waals surface area contributed by atoms with E-state index in [1.54, 1.807) is 24.3 Å². The zero-order chi connectivity index (χ0) is 16.2. The Balaban J connectivity index is 1.95. The minimum atomic E-state index is -3.71. The summed E-state index contributed by atoms with van der Waals surface area (Å²) >= 11 is 5.21. The molecule has 23 heavy (non-hydrogen) atoms. The molecule has 2 heterocycles. The molecule has 0 bridgehead atoms. The lowest BCUT2D eigenvalue weighted by Gasteiger charge is -2.08. The maximum atomic E-state index is 13.1. The number of benzene rings is 2. The lowest BCUT2D eigenvalue weighted by molar-refractivity contribution is -0.286. The highest BCUT2D eigenvalue weighted by Gasteiger charge is 2.43. The van der Waals surface area contributed by atoms with E-state index in [0.717, 1.165) is 0 Å². The number of alkyl halides is 2. The summed E-state index contributed by atoms with van der Waals surface area (Å²) in [7, 11) is 0. The molecule has 0 amide bonds. The van der Waals surface area contributed by atoms with Gasteiger partial charge in [-0.25, -0.2) is 0 Å². The van der Waals surface area contributed by atoms with Crippen molar-refractivity contribution in [1.29, 1.82) is 0 Å². The summed E-state index contributed by atoms with van der Waals surface area (Å²) in [6.07, 6.45) is -3.71. The second-order valence-corrected chi connectivity index (χ2v) is 5.30. The van der Waals surface area contributed by atoms with Crippen LogP contribution in [0.5, 0.6) is 11.5 Å². The number of aromatic amines is 1. The highest BCUT2D eigenvalue weighted by atomic mass is 32.1. The second kappa shape index (κ2) is 4.63. The van der Waals surface area contributed by atoms with Crippen molar-refractivity contribution in [3.8, 4) is 17.2 Å². The number of hydrogen-bond donors (Lipinski definition) is 1. The van der Waals surface area contributed by atoms with Crippen LogP contribution in [-0.2, 0) is 0 Å². The largest absolute Gasteiger partial charge is 0.586 e. The van der Waals surface area contributed by atoms with E-state index in [4.69, 9.17) is 12.2 Å². The number of ether oxygens (including phenoxy) is 2. The van der Waals surface area contributed by atoms with E-state index in [2.05, 4.69) is 14.5 Å². The molecule has 3 aromatic rings. The Bertz CT molecular complexity index is 1060. The summed E-state index contributed by atoms with van der Waals surface area (Å²) in [5, 5.41) is 0.434. The monoisotopic (exact) mass is 334 g/mol. The van der Waals surface area contributed by atoms with Crippen molar-refractivity contribution in [2.75, 3.05) is 0 Å². The van der Waals surface area contributed by atoms with E-state index >= 15 is 0 Å². The number of halogens is 2. The van der Waals surface area contributed by atoms with E-state index in [-0.39, 0.29) is 21.8 Å². The minimum Gasteiger partial charge on any atom is -0.395 e. The zero-order valence-electron chi connectivity index (χ0n) is 11.4. The summed E-state index contributed by atoms with van der Waals surface area (Å²) in [6.45, 7) is 0. The standard InChI is InChI=1S/C15H8F2N2O3S/c16-15(17)21-11-6-5-8(7-12(11)22-15)19-13(20)9-3-1-2-4-10(9)18-14(19)23/h1-7H,(H,18,23). The van der Waals surface area contributed by atoms with Gasteiger partial charge in [0.1, 0.15) is 0 Å². The average Bonchev–Trinajstić information content (AvgIpc) is 2.80. The van der Waals surface area contributed by atoms with Crippen molar-refractivity contribution in [2.45, 2.75) is 6.29 Å². The Morgan fingerprint density at radius 3 is 2.65 bits per heavy atom. The number of H-pyrrole nitrogens is 1. The molecule has 0 spiro atoms. The Hall–Kier alpha value is -2.74. The van der Waals surface area contributed by atoms with Gasteiger partial charge in [-0.3, -0.25) is 9.36 Å². The normalized spacial score (nSPS) is 15.0. The van der Waals surface area contributed by atoms with Crippen molar-refractivity contribution in [3.05, 3.63) is 57.6 Å². The Morgan fingerprint density at radius 1 is 1.09 bits per heavy atom. The fourth-order valence-corrected chi connectivity index (χ4v) is 2.77. The smallest absolute Gasteiger partial charge is 0.395 e. The van der Waals surface area contributed by atoms with Gasteiger partial charge in [-0.1, -0.05) is 12.1 Å². The fraction of sp³-hybridized carbons (Fsp3) is 0.0667. The molecule has 5 nitrogen and oxygen atoms in total. The summed E-state index contributed by atoms with van der Waals surface area (Å²) in [4.78, 5) is 15.6. The maximum Gasteiger partial charge on any atom is 0.586 e. The molecule has 0 aliphatic carbocycles. The summed E-state index contributed by atoms with van der Waals surface area (Å²) < 4.78 is 36.3. The van der Waals surface area contributed by atoms with E-state index in [1.165, 1.54) is 22.8 Å². The van der Waals surface area contributed by atoms with Crippen LogP contribution in [0.4, 0.5) is 8.78 Å². The molecule has 1 aliphatic heterocycles. The van der Waals surface area contributed by atoms with E-state index in [0.29, 0.717) is 16.6 Å². The minimum absolute atomic E-state index is 0.0949. The molecule has 0 radical (unpaired) electrons. The van der Waals surface area contributed by atoms with Crippen LogP contribution in [0.25, 0.3) is 16.6 Å². The van der Waals surface area contributed by atoms with Gasteiger partial charge in [-0.2, -0.15) is 0 Å². The summed E-state index contributed by atoms with van der Waals surface area (Å²) in [6, 6.07) is 10.9. The molecule has 0 unspecified atom stereocenters. The van der Waals surface area contributed by atoms with Gasteiger partial charge in [0.15, 0.2) is 16.3 Å². The molecule has 2 aromatic carbocycles. The first-order chi connectivity index (χ1) is 10.9. The Labute approximate surface area is 132 Å². The molecule has 1 aromatic heterocycles. The third-order valence-corrected chi connectivity index (χ3v) is 3.73. The van der Waals surface area contributed by atoms with Crippen molar-refractivity contribution >= 4 is 23.1 Å². The lowest BCUT2D eigenvalue weighted by atomic mass is 10.2. The van der Waals surface area contributed by atoms with Gasteiger partial charge in [-0.15, -0.1) is 8.78 Å². The number of nitrogens with one attached hydrogen (secondary N) is 1. The molecular formula is C15H8F2N2O3S. The zero-order valence-corrected chi connectivity index (χ0v) is 12.2. The molecule has 116 valence electrons. The third-order valence-electron chi connectivity index (χ3n) is 3.45. The SMILES string of the molecule is O=c1c2ccccc2[nH]c(=S)n1-c1ccc2c(c1)OC(F)(F)O2. The number of rotatable bonds is 1. The fourth-order valence-electron chi connectivity index (χ4n) is 2.47. The van der Waals surface area contributed by atoms with E-state index in [9.17, 15) is 13.6 Å². The van der Waals surface area contributed by atoms with Crippen molar-refractivity contribution in [1.82, 2.24) is 9.55 Å². The number of aromatic nitrogens is 2. The summed E-state index contributed by atoms with van der Waals surface area (Å²) in [5.41, 5.74) is 0.558. The van der Waals surface area contributed by atoms with Gasteiger partial charge in [-0.05, 0) is 36.5 Å². The number of nitrogens with zero attached hydrogens (tertiary/aromatic N) is 1. The van der Waals surface area contributed by atoms with Gasteiger partial charge in [0.2, 0.25) is 0 Å². The molecule has 0 saturated carbocycles. The predicted molar refractivity (Wildman–Crippen MR) is 80.9 cm³/mol. The van der Waals surface area contributed by atoms with Crippen LogP contribution >= 0.6 is 12.2 Å². The lowest BCUT2D eigenvalue weighted by Crippen LogP contribution is -2.26. The van der Waals surface area contributed by atoms with Crippen LogP contribution in [-0.4, -0.2) is 15.8 Å². The van der Waals surface area contributed by atoms with Crippen LogP contribution in [0.3, 0.4) is 0 Å². The predicted octanol–water partition coefficient (Wildman–Crippen LogP) is 3.37. The molecule has 1 N–H and O–H groups in total. The molecular weight excluding hydrogens is 326 g/mol. The first-order valence-electron chi connectivity index (χ1n) is 6.59. The van der Waals surface area contributed by atoms with Gasteiger partial charge in [0.05, 0.1) is 16.6 Å². The van der Waals surface area contributed by atoms with E-state index < -0.39 is 6.29 Å². The molecule has 0 fully saturated rings. The van der Waals surface area contributed by atoms with Crippen LogP contribution < -0.4 is 15.0 Å². The third kappa shape index (κ3) is 2.18. The molecule has 8 heteroatoms. The van der Waals surface area contributed by atoms with E-state index in [1.807, 2.05) is 0 Å². The van der Waals surface area contributed by atoms with Gasteiger partial charge < -0.3 is 14.5 Å². The van der Waals surface area contributed by atoms with Crippen LogP contribution in [0.15, 0.2) is 47.3 Å². The van der Waals surface area contributed by atoms with Crippen molar-refractivity contribution in [2.24, 2.45) is 0 Å². The Morgan fingerprint density at radius 2 is 1.83 bits per heavy atom. The van der Waals surface area contributed by atoms with Crippen LogP contribution in [0.1, 0.15) is 0 Å². The number of fused-ring (bicyclic) bond motifs is 2. The first-order valence-corrected chi connectivity index (χ1v) is 7.00. The first kappa shape index (κ1) is 13.9. The molecule has 1 aliphatic rings. The van der Waals surface area contributed by atoms with Crippen molar-refractivity contribution in [3.63, 3.8) is 0 Å². The summed E-state index contributed by atoms with van der Waals surface area (Å²) in [5.74, 6) is -0.246. The van der Waals surface area contributed by atoms with Crippen LogP contribution in [0, 0.1) is 4.77 Å². The highest BCUT2D eigenvalue weighted by Crippen LogP contribution is 2.41. The maximum absolute atomic E-state index is 13.1. The quantitative estimate of drug-likeness (QED) is 0.693. The topological polar surface area (TPSA) is 56.2 Å². The second-order valence-electron chi connectivity index (χ2n) is 4.91. The van der Waals surface area contributed by atoms with Crippen LogP contribution in [0.2, 0.25) is 0 Å². The Kier molecular flexibility index (Phi) is 2.79.